The molecule has 1 saturated heterocycles. The summed E-state index contributed by atoms with van der Waals surface area (Å²) in [6.07, 6.45) is 0. The minimum Gasteiger partial charge on any atom is -0.496 e. The van der Waals surface area contributed by atoms with Gasteiger partial charge in [0, 0.05) is 11.1 Å². The summed E-state index contributed by atoms with van der Waals surface area (Å²) >= 11 is 0. The first-order chi connectivity index (χ1) is 13.7. The number of ether oxygens (including phenoxy) is 1. The third-order valence-corrected chi connectivity index (χ3v) is 5.45. The number of nitrogens with one attached hydrogen (secondary N) is 1. The van der Waals surface area contributed by atoms with Gasteiger partial charge in [-0.15, -0.1) is 0 Å². The molecule has 1 fully saturated rings. The van der Waals surface area contributed by atoms with Crippen molar-refractivity contribution < 1.29 is 19.1 Å². The van der Waals surface area contributed by atoms with Crippen LogP contribution in [-0.4, -0.2) is 29.7 Å². The fourth-order valence-corrected chi connectivity index (χ4v) is 3.53. The fourth-order valence-electron chi connectivity index (χ4n) is 3.53. The maximum Gasteiger partial charge on any atom is 0.325 e. The predicted molar refractivity (Wildman–Crippen MR) is 110 cm³/mol. The van der Waals surface area contributed by atoms with E-state index >= 15 is 0 Å². The molecule has 2 aromatic carbocycles. The van der Waals surface area contributed by atoms with Gasteiger partial charge in [0.1, 0.15) is 11.3 Å². The Hall–Kier alpha value is -3.15. The van der Waals surface area contributed by atoms with Crippen molar-refractivity contribution in [3.05, 3.63) is 64.7 Å². The van der Waals surface area contributed by atoms with Crippen LogP contribution in [0.25, 0.3) is 0 Å². The minimum absolute atomic E-state index is 0.0224. The third kappa shape index (κ3) is 3.75. The number of rotatable bonds is 6. The van der Waals surface area contributed by atoms with Crippen molar-refractivity contribution in [2.24, 2.45) is 0 Å². The zero-order valence-corrected chi connectivity index (χ0v) is 17.4. The number of carbonyl (C=O) groups is 3. The topological polar surface area (TPSA) is 75.7 Å². The molecule has 1 unspecified atom stereocenters. The van der Waals surface area contributed by atoms with Crippen LogP contribution in [0.1, 0.15) is 60.7 Å². The number of Topliss-reactive ketones (excluding diaryl/α,β-unsaturated/α-hetero) is 1. The molecule has 1 N–H and O–H groups in total. The van der Waals surface area contributed by atoms with Crippen molar-refractivity contribution in [3.8, 4) is 5.75 Å². The molecule has 0 bridgehead atoms. The number of imide groups is 1. The van der Waals surface area contributed by atoms with Crippen molar-refractivity contribution in [2.45, 2.75) is 45.7 Å². The Morgan fingerprint density at radius 1 is 1.14 bits per heavy atom. The van der Waals surface area contributed by atoms with Crippen LogP contribution in [0.2, 0.25) is 0 Å². The summed E-state index contributed by atoms with van der Waals surface area (Å²) < 4.78 is 5.35. The zero-order chi connectivity index (χ0) is 21.3. The molecule has 1 aliphatic rings. The highest BCUT2D eigenvalue weighted by atomic mass is 16.5. The molecule has 2 aromatic rings. The van der Waals surface area contributed by atoms with Gasteiger partial charge in [-0.3, -0.25) is 14.5 Å². The second-order valence-electron chi connectivity index (χ2n) is 7.81. The fraction of sp³-hybridized carbons (Fsp3) is 0.348. The van der Waals surface area contributed by atoms with Crippen molar-refractivity contribution in [3.63, 3.8) is 0 Å². The Kier molecular flexibility index (Phi) is 5.46. The van der Waals surface area contributed by atoms with Crippen LogP contribution in [-0.2, 0) is 16.9 Å². The van der Waals surface area contributed by atoms with Gasteiger partial charge in [0.05, 0.1) is 13.7 Å². The van der Waals surface area contributed by atoms with Crippen molar-refractivity contribution >= 4 is 17.7 Å². The van der Waals surface area contributed by atoms with Gasteiger partial charge in [0.2, 0.25) is 0 Å². The molecule has 1 atom stereocenters. The molecule has 0 radical (unpaired) electrons. The molecule has 0 saturated carbocycles. The molecule has 152 valence electrons. The van der Waals surface area contributed by atoms with Crippen LogP contribution in [0.4, 0.5) is 4.79 Å². The van der Waals surface area contributed by atoms with Crippen LogP contribution in [0.3, 0.4) is 0 Å². The lowest BCUT2D eigenvalue weighted by atomic mass is 9.90. The molecule has 3 amide bonds. The SMILES string of the molecule is COc1ccc(C(C)=O)cc1CN1C(=O)NC(C)(c2ccc(C(C)C)cc2)C1=O. The molecule has 6 heteroatoms. The van der Waals surface area contributed by atoms with Gasteiger partial charge in [0.15, 0.2) is 5.78 Å². The highest BCUT2D eigenvalue weighted by molar-refractivity contribution is 6.07. The quantitative estimate of drug-likeness (QED) is 0.594. The van der Waals surface area contributed by atoms with Crippen LogP contribution in [0.5, 0.6) is 5.75 Å². The number of carbonyl (C=O) groups excluding carboxylic acids is 3. The zero-order valence-electron chi connectivity index (χ0n) is 17.4. The van der Waals surface area contributed by atoms with Crippen LogP contribution >= 0.6 is 0 Å². The largest absolute Gasteiger partial charge is 0.496 e. The number of methoxy groups -OCH3 is 1. The Labute approximate surface area is 170 Å². The van der Waals surface area contributed by atoms with E-state index in [2.05, 4.69) is 19.2 Å². The number of amides is 3. The number of ketones is 1. The van der Waals surface area contributed by atoms with Crippen molar-refractivity contribution in [2.75, 3.05) is 7.11 Å². The first-order valence-corrected chi connectivity index (χ1v) is 9.59. The van der Waals surface area contributed by atoms with Gasteiger partial charge in [0.25, 0.3) is 5.91 Å². The van der Waals surface area contributed by atoms with E-state index in [1.165, 1.54) is 14.0 Å². The number of hydrogen-bond acceptors (Lipinski definition) is 4. The number of nitrogens with zero attached hydrogens (tertiary/aromatic N) is 1. The van der Waals surface area contributed by atoms with Crippen molar-refractivity contribution in [1.82, 2.24) is 10.2 Å². The Bertz CT molecular complexity index is 965. The number of urea groups is 1. The maximum absolute atomic E-state index is 13.2. The number of hydrogen-bond donors (Lipinski definition) is 1. The molecule has 6 nitrogen and oxygen atoms in total. The lowest BCUT2D eigenvalue weighted by Gasteiger charge is -2.23. The van der Waals surface area contributed by atoms with Crippen molar-refractivity contribution in [1.29, 1.82) is 0 Å². The molecule has 0 aromatic heterocycles. The van der Waals surface area contributed by atoms with Gasteiger partial charge in [-0.2, -0.15) is 0 Å². The molecule has 3 rings (SSSR count). The summed E-state index contributed by atoms with van der Waals surface area (Å²) in [6.45, 7) is 7.40. The van der Waals surface area contributed by atoms with Gasteiger partial charge in [-0.1, -0.05) is 38.1 Å². The van der Waals surface area contributed by atoms with Crippen LogP contribution < -0.4 is 10.1 Å². The summed E-state index contributed by atoms with van der Waals surface area (Å²) in [7, 11) is 1.51. The molecule has 1 aliphatic heterocycles. The average molecular weight is 394 g/mol. The lowest BCUT2D eigenvalue weighted by molar-refractivity contribution is -0.131. The standard InChI is InChI=1S/C23H26N2O4/c1-14(2)16-6-9-19(10-7-16)23(4)21(27)25(22(28)24-23)13-18-12-17(15(3)26)8-11-20(18)29-5/h6-12,14H,13H2,1-5H3,(H,24,28). The van der Waals surface area contributed by atoms with Gasteiger partial charge in [-0.05, 0) is 49.1 Å². The molecular formula is C23H26N2O4. The normalized spacial score (nSPS) is 18.9. The van der Waals surface area contributed by atoms with E-state index in [4.69, 9.17) is 4.74 Å². The van der Waals surface area contributed by atoms with Crippen LogP contribution in [0.15, 0.2) is 42.5 Å². The van der Waals surface area contributed by atoms with E-state index in [1.54, 1.807) is 25.1 Å². The summed E-state index contributed by atoms with van der Waals surface area (Å²) in [5.74, 6) is 0.463. The van der Waals surface area contributed by atoms with E-state index in [-0.39, 0.29) is 18.2 Å². The molecule has 0 spiro atoms. The smallest absolute Gasteiger partial charge is 0.325 e. The highest BCUT2D eigenvalue weighted by Gasteiger charge is 2.49. The van der Waals surface area contributed by atoms with Gasteiger partial charge >= 0.3 is 6.03 Å². The second-order valence-corrected chi connectivity index (χ2v) is 7.81. The summed E-state index contributed by atoms with van der Waals surface area (Å²) in [6, 6.07) is 12.3. The lowest BCUT2D eigenvalue weighted by Crippen LogP contribution is -2.40. The van der Waals surface area contributed by atoms with Gasteiger partial charge in [-0.25, -0.2) is 4.79 Å². The minimum atomic E-state index is -1.14. The maximum atomic E-state index is 13.2. The molecular weight excluding hydrogens is 368 g/mol. The van der Waals surface area contributed by atoms with E-state index in [9.17, 15) is 14.4 Å². The van der Waals surface area contributed by atoms with Crippen LogP contribution in [0, 0.1) is 0 Å². The van der Waals surface area contributed by atoms with E-state index in [0.29, 0.717) is 22.8 Å². The summed E-state index contributed by atoms with van der Waals surface area (Å²) in [5.41, 5.74) is 1.85. The van der Waals surface area contributed by atoms with E-state index in [0.717, 1.165) is 16.0 Å². The van der Waals surface area contributed by atoms with E-state index < -0.39 is 11.6 Å². The third-order valence-electron chi connectivity index (χ3n) is 5.45. The first kappa shape index (κ1) is 20.6. The molecule has 0 aliphatic carbocycles. The summed E-state index contributed by atoms with van der Waals surface area (Å²) in [4.78, 5) is 38.8. The Balaban J connectivity index is 1.91. The first-order valence-electron chi connectivity index (χ1n) is 9.59. The van der Waals surface area contributed by atoms with E-state index in [1.807, 2.05) is 24.3 Å². The predicted octanol–water partition coefficient (Wildman–Crippen LogP) is 3.99. The Morgan fingerprint density at radius 3 is 2.34 bits per heavy atom. The van der Waals surface area contributed by atoms with Gasteiger partial charge < -0.3 is 10.1 Å². The second kappa shape index (κ2) is 7.70. The monoisotopic (exact) mass is 394 g/mol. The average Bonchev–Trinajstić information content (AvgIpc) is 2.92. The number of benzene rings is 2. The Morgan fingerprint density at radius 2 is 1.79 bits per heavy atom. The molecule has 1 heterocycles. The summed E-state index contributed by atoms with van der Waals surface area (Å²) in [5, 5.41) is 2.82. The molecule has 29 heavy (non-hydrogen) atoms. The highest BCUT2D eigenvalue weighted by Crippen LogP contribution is 2.32.